The molecule has 3 atom stereocenters. The highest BCUT2D eigenvalue weighted by Gasteiger charge is 2.32. The third kappa shape index (κ3) is 5.76. The van der Waals surface area contributed by atoms with Gasteiger partial charge in [-0.25, -0.2) is 0 Å². The first-order chi connectivity index (χ1) is 27.2. The number of hydrogen-bond acceptors (Lipinski definition) is 10. The Bertz CT molecular complexity index is 2720. The number of methoxy groups -OCH3 is 3. The number of rotatable bonds is 6. The van der Waals surface area contributed by atoms with Gasteiger partial charge in [-0.1, -0.05) is 12.1 Å². The molecule has 0 spiro atoms. The van der Waals surface area contributed by atoms with Gasteiger partial charge in [-0.15, -0.1) is 0 Å². The molecule has 0 aromatic heterocycles. The molecule has 294 valence electrons. The van der Waals surface area contributed by atoms with Gasteiger partial charge in [0.15, 0.2) is 0 Å². The van der Waals surface area contributed by atoms with Gasteiger partial charge in [0.2, 0.25) is 0 Å². The molecule has 0 unspecified atom stereocenters. The zero-order valence-corrected chi connectivity index (χ0v) is 33.7. The van der Waals surface area contributed by atoms with E-state index >= 15 is 0 Å². The van der Waals surface area contributed by atoms with Gasteiger partial charge in [-0.2, -0.15) is 0 Å². The molecule has 10 nitrogen and oxygen atoms in total. The molecule has 6 N–H and O–H groups in total. The maximum absolute atomic E-state index is 12.5. The van der Waals surface area contributed by atoms with Crippen LogP contribution in [0.15, 0.2) is 53.5 Å². The van der Waals surface area contributed by atoms with Crippen molar-refractivity contribution in [2.24, 2.45) is 4.99 Å². The standard InChI is InChI=1S/C47H48N2O8/c1-20-12-29-30(42-33(50)17-26-15-22(3)48-24(5)39(26)47(42)57-9)18-31(46(54)44(29)36(13-20)55-7)27-10-11-28-38(21(2)14-37(56-8)43(28)45(27)53)41-32-16-23(4)49-25(6)40(32)34(51)19-35(41)52/h10-14,17-19,22-23,25,49-54H,15-16H2,1-9H3/t22-,23-,25-/m1/s1. The largest absolute Gasteiger partial charge is 0.507 e. The normalized spacial score (nSPS) is 17.6. The van der Waals surface area contributed by atoms with Gasteiger partial charge in [-0.3, -0.25) is 4.99 Å². The Morgan fingerprint density at radius 1 is 0.632 bits per heavy atom. The minimum absolute atomic E-state index is 0.00584. The van der Waals surface area contributed by atoms with Crippen molar-refractivity contribution in [3.05, 3.63) is 81.9 Å². The number of aliphatic imine (C=N–C) groups is 1. The number of aromatic hydroxyl groups is 5. The lowest BCUT2D eigenvalue weighted by molar-refractivity contribution is 0.402. The molecule has 0 amide bonds. The van der Waals surface area contributed by atoms with Crippen LogP contribution in [-0.2, 0) is 12.8 Å². The number of aryl methyl sites for hydroxylation is 2. The van der Waals surface area contributed by atoms with Crippen LogP contribution < -0.4 is 19.5 Å². The lowest BCUT2D eigenvalue weighted by Gasteiger charge is -2.32. The van der Waals surface area contributed by atoms with Crippen LogP contribution in [0.4, 0.5) is 0 Å². The molecule has 0 bridgehead atoms. The smallest absolute Gasteiger partial charge is 0.139 e. The Morgan fingerprint density at radius 3 is 2.00 bits per heavy atom. The maximum Gasteiger partial charge on any atom is 0.139 e. The van der Waals surface area contributed by atoms with Crippen molar-refractivity contribution in [3.63, 3.8) is 0 Å². The van der Waals surface area contributed by atoms with Crippen LogP contribution in [0.3, 0.4) is 0 Å². The van der Waals surface area contributed by atoms with E-state index in [2.05, 4.69) is 12.2 Å². The monoisotopic (exact) mass is 768 g/mol. The van der Waals surface area contributed by atoms with Gasteiger partial charge >= 0.3 is 0 Å². The van der Waals surface area contributed by atoms with Gasteiger partial charge in [0.25, 0.3) is 0 Å². The van der Waals surface area contributed by atoms with E-state index in [1.165, 1.54) is 20.3 Å². The number of nitrogens with zero attached hydrogens (tertiary/aromatic N) is 1. The summed E-state index contributed by atoms with van der Waals surface area (Å²) >= 11 is 0. The van der Waals surface area contributed by atoms with Crippen molar-refractivity contribution in [3.8, 4) is 79.4 Å². The van der Waals surface area contributed by atoms with Crippen molar-refractivity contribution in [2.75, 3.05) is 21.3 Å². The number of hydrogen-bond donors (Lipinski definition) is 6. The Kier molecular flexibility index (Phi) is 9.15. The summed E-state index contributed by atoms with van der Waals surface area (Å²) in [6.45, 7) is 11.9. The summed E-state index contributed by atoms with van der Waals surface area (Å²) in [5, 5.41) is 64.7. The van der Waals surface area contributed by atoms with Crippen molar-refractivity contribution >= 4 is 27.3 Å². The highest BCUT2D eigenvalue weighted by molar-refractivity contribution is 6.14. The molecule has 10 heteroatoms. The predicted molar refractivity (Wildman–Crippen MR) is 225 cm³/mol. The second-order valence-electron chi connectivity index (χ2n) is 15.6. The molecule has 2 aliphatic rings. The number of nitrogens with one attached hydrogen (secondary N) is 1. The number of fused-ring (bicyclic) bond motifs is 4. The molecular formula is C47H48N2O8. The van der Waals surface area contributed by atoms with Crippen LogP contribution in [0.1, 0.15) is 67.1 Å². The van der Waals surface area contributed by atoms with E-state index in [-0.39, 0.29) is 52.4 Å². The molecule has 6 aromatic carbocycles. The number of phenols is 5. The van der Waals surface area contributed by atoms with Crippen molar-refractivity contribution in [1.29, 1.82) is 0 Å². The van der Waals surface area contributed by atoms with E-state index in [0.29, 0.717) is 79.5 Å². The summed E-state index contributed by atoms with van der Waals surface area (Å²) in [6, 6.07) is 14.1. The second-order valence-corrected chi connectivity index (χ2v) is 15.6. The number of benzene rings is 6. The molecule has 0 fully saturated rings. The molecule has 0 radical (unpaired) electrons. The van der Waals surface area contributed by atoms with Crippen LogP contribution in [0.5, 0.6) is 46.0 Å². The van der Waals surface area contributed by atoms with Crippen molar-refractivity contribution in [1.82, 2.24) is 5.32 Å². The Labute approximate surface area is 331 Å². The molecule has 0 saturated heterocycles. The molecule has 0 saturated carbocycles. The quantitative estimate of drug-likeness (QED) is 0.0973. The van der Waals surface area contributed by atoms with Crippen LogP contribution in [0.25, 0.3) is 54.9 Å². The lowest BCUT2D eigenvalue weighted by Crippen LogP contribution is -2.36. The molecule has 57 heavy (non-hydrogen) atoms. The first-order valence-corrected chi connectivity index (χ1v) is 19.2. The third-order valence-electron chi connectivity index (χ3n) is 11.8. The topological polar surface area (TPSA) is 153 Å². The predicted octanol–water partition coefficient (Wildman–Crippen LogP) is 9.51. The first kappa shape index (κ1) is 37.8. The maximum atomic E-state index is 12.5. The van der Waals surface area contributed by atoms with E-state index in [0.717, 1.165) is 39.1 Å². The van der Waals surface area contributed by atoms with E-state index in [9.17, 15) is 25.5 Å². The van der Waals surface area contributed by atoms with E-state index in [4.69, 9.17) is 19.2 Å². The molecule has 8 rings (SSSR count). The fourth-order valence-corrected chi connectivity index (χ4v) is 9.57. The fraction of sp³-hybridized carbons (Fsp3) is 0.298. The zero-order chi connectivity index (χ0) is 40.8. The van der Waals surface area contributed by atoms with E-state index < -0.39 is 0 Å². The minimum atomic E-state index is -0.161. The summed E-state index contributed by atoms with van der Waals surface area (Å²) in [7, 11) is 4.64. The van der Waals surface area contributed by atoms with Gasteiger partial charge in [0.05, 0.1) is 43.7 Å². The molecule has 2 heterocycles. The summed E-state index contributed by atoms with van der Waals surface area (Å²) < 4.78 is 17.9. The van der Waals surface area contributed by atoms with E-state index in [1.807, 2.05) is 58.9 Å². The number of ether oxygens (including phenoxy) is 3. The second kappa shape index (κ2) is 13.8. The van der Waals surface area contributed by atoms with Crippen LogP contribution in [0.2, 0.25) is 0 Å². The lowest BCUT2D eigenvalue weighted by atomic mass is 9.81. The minimum Gasteiger partial charge on any atom is -0.507 e. The summed E-state index contributed by atoms with van der Waals surface area (Å²) in [5.74, 6) is 0.927. The highest BCUT2D eigenvalue weighted by atomic mass is 16.5. The van der Waals surface area contributed by atoms with E-state index in [1.54, 1.807) is 25.3 Å². The summed E-state index contributed by atoms with van der Waals surface area (Å²) in [5.41, 5.74) is 8.58. The number of phenolic OH excluding ortho intramolecular Hbond substituents is 5. The summed E-state index contributed by atoms with van der Waals surface area (Å²) in [6.07, 6.45) is 1.20. The average molecular weight is 769 g/mol. The average Bonchev–Trinajstić information content (AvgIpc) is 3.14. The molecular weight excluding hydrogens is 721 g/mol. The highest BCUT2D eigenvalue weighted by Crippen LogP contribution is 2.55. The van der Waals surface area contributed by atoms with Gasteiger partial charge in [-0.05, 0) is 129 Å². The van der Waals surface area contributed by atoms with Gasteiger partial charge in [0, 0.05) is 51.7 Å². The van der Waals surface area contributed by atoms with Gasteiger partial charge in [0.1, 0.15) is 46.0 Å². The van der Waals surface area contributed by atoms with Crippen molar-refractivity contribution in [2.45, 2.75) is 72.5 Å². The Balaban J connectivity index is 1.46. The Morgan fingerprint density at radius 2 is 1.30 bits per heavy atom. The summed E-state index contributed by atoms with van der Waals surface area (Å²) in [4.78, 5) is 4.83. The molecule has 2 aliphatic heterocycles. The van der Waals surface area contributed by atoms with Crippen LogP contribution >= 0.6 is 0 Å². The van der Waals surface area contributed by atoms with Crippen LogP contribution in [-0.4, -0.2) is 64.7 Å². The molecule has 0 aliphatic carbocycles. The fourth-order valence-electron chi connectivity index (χ4n) is 9.57. The Hall–Kier alpha value is -6.13. The first-order valence-electron chi connectivity index (χ1n) is 19.2. The van der Waals surface area contributed by atoms with Crippen molar-refractivity contribution < 1.29 is 39.7 Å². The zero-order valence-electron chi connectivity index (χ0n) is 33.7. The van der Waals surface area contributed by atoms with Gasteiger partial charge < -0.3 is 45.1 Å². The SMILES string of the molecule is COc1c2c(cc(O)c1-c1cc(-c3ccc4c(-c5c(O)cc(O)c6c5C[C@@H](C)N[C@@H]6C)c(C)cc(OC)c4c3O)c(O)c3c(OC)cc(C)cc13)C[C@@H](C)N=C2C. The van der Waals surface area contributed by atoms with Crippen LogP contribution in [0, 0.1) is 13.8 Å². The third-order valence-corrected chi connectivity index (χ3v) is 11.8. The molecule has 6 aromatic rings.